The maximum Gasteiger partial charge on any atom is 0.220 e. The summed E-state index contributed by atoms with van der Waals surface area (Å²) in [6.07, 6.45) is 4.03. The van der Waals surface area contributed by atoms with Crippen LogP contribution in [0.2, 0.25) is 0 Å². The average Bonchev–Trinajstić information content (AvgIpc) is 2.60. The molecule has 0 radical (unpaired) electrons. The SMILES string of the molecule is CSc1nc(C)c(CCC(=O)N[C@@H](C)c2ccc(S(C)(=O)=O)cc2)c(C)n1. The number of aryl methyl sites for hydroxylation is 2. The zero-order valence-electron chi connectivity index (χ0n) is 16.2. The molecule has 1 N–H and O–H groups in total. The molecule has 0 saturated carbocycles. The van der Waals surface area contributed by atoms with Gasteiger partial charge in [-0.2, -0.15) is 0 Å². The number of carbonyl (C=O) groups excluding carboxylic acids is 1. The van der Waals surface area contributed by atoms with Crippen molar-refractivity contribution >= 4 is 27.5 Å². The Morgan fingerprint density at radius 2 is 1.70 bits per heavy atom. The molecular weight excluding hydrogens is 382 g/mol. The van der Waals surface area contributed by atoms with Crippen LogP contribution in [0.3, 0.4) is 0 Å². The molecule has 0 aliphatic carbocycles. The number of sulfone groups is 1. The van der Waals surface area contributed by atoms with Crippen LogP contribution in [0.15, 0.2) is 34.3 Å². The van der Waals surface area contributed by atoms with Crippen LogP contribution < -0.4 is 5.32 Å². The fraction of sp³-hybridized carbons (Fsp3) is 0.421. The van der Waals surface area contributed by atoms with E-state index in [4.69, 9.17) is 0 Å². The smallest absolute Gasteiger partial charge is 0.220 e. The third kappa shape index (κ3) is 5.77. The van der Waals surface area contributed by atoms with Gasteiger partial charge in [0, 0.05) is 24.1 Å². The van der Waals surface area contributed by atoms with E-state index in [9.17, 15) is 13.2 Å². The van der Waals surface area contributed by atoms with Gasteiger partial charge < -0.3 is 5.32 Å². The second kappa shape index (κ2) is 8.84. The van der Waals surface area contributed by atoms with Crippen LogP contribution in [0.4, 0.5) is 0 Å². The quantitative estimate of drug-likeness (QED) is 0.561. The lowest BCUT2D eigenvalue weighted by molar-refractivity contribution is -0.121. The molecule has 2 rings (SSSR count). The molecule has 1 aromatic carbocycles. The fourth-order valence-electron chi connectivity index (χ4n) is 2.80. The Morgan fingerprint density at radius 3 is 2.19 bits per heavy atom. The summed E-state index contributed by atoms with van der Waals surface area (Å²) in [7, 11) is -3.22. The highest BCUT2D eigenvalue weighted by molar-refractivity contribution is 7.98. The maximum absolute atomic E-state index is 12.3. The third-order valence-corrected chi connectivity index (χ3v) is 6.05. The van der Waals surface area contributed by atoms with Gasteiger partial charge in [-0.15, -0.1) is 0 Å². The number of aromatic nitrogens is 2. The molecular formula is C19H25N3O3S2. The molecule has 6 nitrogen and oxygen atoms in total. The second-order valence-electron chi connectivity index (χ2n) is 6.49. The van der Waals surface area contributed by atoms with Crippen molar-refractivity contribution in [2.45, 2.75) is 49.7 Å². The number of benzene rings is 1. The fourth-order valence-corrected chi connectivity index (χ4v) is 3.89. The van der Waals surface area contributed by atoms with Crippen molar-refractivity contribution in [2.24, 2.45) is 0 Å². The first kappa shape index (κ1) is 21.4. The Morgan fingerprint density at radius 1 is 1.15 bits per heavy atom. The lowest BCUT2D eigenvalue weighted by Crippen LogP contribution is -2.27. The zero-order valence-corrected chi connectivity index (χ0v) is 17.9. The van der Waals surface area contributed by atoms with Gasteiger partial charge >= 0.3 is 0 Å². The van der Waals surface area contributed by atoms with Crippen LogP contribution in [0, 0.1) is 13.8 Å². The first-order valence-corrected chi connectivity index (χ1v) is 11.7. The summed E-state index contributed by atoms with van der Waals surface area (Å²) in [6.45, 7) is 5.75. The van der Waals surface area contributed by atoms with Crippen molar-refractivity contribution in [3.8, 4) is 0 Å². The topological polar surface area (TPSA) is 89.0 Å². The number of hydrogen-bond acceptors (Lipinski definition) is 6. The summed E-state index contributed by atoms with van der Waals surface area (Å²) < 4.78 is 23.1. The first-order valence-electron chi connectivity index (χ1n) is 8.59. The van der Waals surface area contributed by atoms with Crippen LogP contribution in [0.25, 0.3) is 0 Å². The maximum atomic E-state index is 12.3. The lowest BCUT2D eigenvalue weighted by Gasteiger charge is -2.15. The van der Waals surface area contributed by atoms with E-state index in [1.165, 1.54) is 18.0 Å². The largest absolute Gasteiger partial charge is 0.350 e. The van der Waals surface area contributed by atoms with E-state index in [-0.39, 0.29) is 16.8 Å². The molecule has 0 unspecified atom stereocenters. The van der Waals surface area contributed by atoms with Gasteiger partial charge in [0.2, 0.25) is 5.91 Å². The summed E-state index contributed by atoms with van der Waals surface area (Å²) in [6, 6.07) is 6.37. The standard InChI is InChI=1S/C19H25N3O3S2/c1-12(15-6-8-16(9-7-15)27(5,24)25)20-18(23)11-10-17-13(2)21-19(26-4)22-14(17)3/h6-9,12H,10-11H2,1-5H3,(H,20,23)/t12-/m0/s1. The average molecular weight is 408 g/mol. The van der Waals surface area contributed by atoms with Gasteiger partial charge in [0.05, 0.1) is 10.9 Å². The Bertz CT molecular complexity index is 903. The normalized spacial score (nSPS) is 12.6. The van der Waals surface area contributed by atoms with Gasteiger partial charge in [0.1, 0.15) is 0 Å². The van der Waals surface area contributed by atoms with Crippen molar-refractivity contribution in [3.63, 3.8) is 0 Å². The highest BCUT2D eigenvalue weighted by Gasteiger charge is 2.14. The summed E-state index contributed by atoms with van der Waals surface area (Å²) >= 11 is 1.50. The highest BCUT2D eigenvalue weighted by atomic mass is 32.2. The number of nitrogens with zero attached hydrogens (tertiary/aromatic N) is 2. The van der Waals surface area contributed by atoms with Crippen molar-refractivity contribution < 1.29 is 13.2 Å². The van der Waals surface area contributed by atoms with E-state index in [0.29, 0.717) is 12.8 Å². The van der Waals surface area contributed by atoms with Gasteiger partial charge in [0.15, 0.2) is 15.0 Å². The molecule has 0 spiro atoms. The van der Waals surface area contributed by atoms with Gasteiger partial charge in [-0.1, -0.05) is 23.9 Å². The van der Waals surface area contributed by atoms with Crippen LogP contribution in [0.5, 0.6) is 0 Å². The van der Waals surface area contributed by atoms with E-state index in [0.717, 1.165) is 27.7 Å². The molecule has 1 heterocycles. The monoisotopic (exact) mass is 407 g/mol. The van der Waals surface area contributed by atoms with Crippen LogP contribution >= 0.6 is 11.8 Å². The summed E-state index contributed by atoms with van der Waals surface area (Å²) in [5.41, 5.74) is 3.68. The van der Waals surface area contributed by atoms with Crippen molar-refractivity contribution in [2.75, 3.05) is 12.5 Å². The Kier molecular flexibility index (Phi) is 7.00. The number of carbonyl (C=O) groups is 1. The zero-order chi connectivity index (χ0) is 20.2. The first-order chi connectivity index (χ1) is 12.6. The predicted octanol–water partition coefficient (Wildman–Crippen LogP) is 3.03. The van der Waals surface area contributed by atoms with E-state index < -0.39 is 9.84 Å². The summed E-state index contributed by atoms with van der Waals surface area (Å²) in [4.78, 5) is 21.5. The molecule has 0 aliphatic rings. The van der Waals surface area contributed by atoms with Crippen LogP contribution in [0.1, 0.15) is 41.9 Å². The van der Waals surface area contributed by atoms with E-state index in [1.807, 2.05) is 27.0 Å². The molecule has 1 aromatic heterocycles. The Hall–Kier alpha value is -1.93. The molecule has 146 valence electrons. The number of nitrogens with one attached hydrogen (secondary N) is 1. The Labute approximate surface area is 165 Å². The number of thioether (sulfide) groups is 1. The summed E-state index contributed by atoms with van der Waals surface area (Å²) in [5.74, 6) is -0.0672. The number of rotatable bonds is 7. The molecule has 8 heteroatoms. The molecule has 0 bridgehead atoms. The van der Waals surface area contributed by atoms with Crippen LogP contribution in [-0.2, 0) is 21.1 Å². The summed E-state index contributed by atoms with van der Waals surface area (Å²) in [5, 5.41) is 3.69. The van der Waals surface area contributed by atoms with Gasteiger partial charge in [-0.3, -0.25) is 4.79 Å². The molecule has 1 amide bonds. The highest BCUT2D eigenvalue weighted by Crippen LogP contribution is 2.19. The van der Waals surface area contributed by atoms with E-state index in [2.05, 4.69) is 15.3 Å². The Balaban J connectivity index is 1.98. The minimum absolute atomic E-state index is 0.0672. The minimum atomic E-state index is -3.22. The van der Waals surface area contributed by atoms with Crippen molar-refractivity contribution in [3.05, 3.63) is 46.8 Å². The third-order valence-electron chi connectivity index (χ3n) is 4.37. The van der Waals surface area contributed by atoms with Gasteiger partial charge in [-0.05, 0) is 56.7 Å². The molecule has 0 saturated heterocycles. The molecule has 0 fully saturated rings. The number of hydrogen-bond donors (Lipinski definition) is 1. The molecule has 2 aromatic rings. The van der Waals surface area contributed by atoms with Gasteiger partial charge in [0.25, 0.3) is 0 Å². The lowest BCUT2D eigenvalue weighted by atomic mass is 10.1. The predicted molar refractivity (Wildman–Crippen MR) is 108 cm³/mol. The van der Waals surface area contributed by atoms with Gasteiger partial charge in [-0.25, -0.2) is 18.4 Å². The van der Waals surface area contributed by atoms with E-state index >= 15 is 0 Å². The minimum Gasteiger partial charge on any atom is -0.350 e. The molecule has 1 atom stereocenters. The van der Waals surface area contributed by atoms with Crippen LogP contribution in [-0.4, -0.2) is 36.8 Å². The van der Waals surface area contributed by atoms with E-state index in [1.54, 1.807) is 24.3 Å². The van der Waals surface area contributed by atoms with Crippen molar-refractivity contribution in [1.29, 1.82) is 0 Å². The molecule has 27 heavy (non-hydrogen) atoms. The second-order valence-corrected chi connectivity index (χ2v) is 9.28. The molecule has 0 aliphatic heterocycles. The van der Waals surface area contributed by atoms with Crippen molar-refractivity contribution in [1.82, 2.24) is 15.3 Å². The number of amides is 1.